The van der Waals surface area contributed by atoms with Crippen LogP contribution in [0.4, 0.5) is 0 Å². The first-order valence-corrected chi connectivity index (χ1v) is 9.07. The van der Waals surface area contributed by atoms with Crippen molar-refractivity contribution < 1.29 is 24.7 Å². The van der Waals surface area contributed by atoms with Gasteiger partial charge in [-0.2, -0.15) is 9.78 Å². The molecule has 1 N–H and O–H groups in total. The molecule has 22 heavy (non-hydrogen) atoms. The summed E-state index contributed by atoms with van der Waals surface area (Å²) in [5.41, 5.74) is 0. The maximum absolute atomic E-state index is 9.01. The summed E-state index contributed by atoms with van der Waals surface area (Å²) in [6.07, 6.45) is 13.5. The lowest BCUT2D eigenvalue weighted by molar-refractivity contribution is -0.531. The molecule has 2 rings (SSSR count). The first-order valence-electron chi connectivity index (χ1n) is 9.07. The van der Waals surface area contributed by atoms with Crippen LogP contribution in [-0.4, -0.2) is 30.7 Å². The van der Waals surface area contributed by atoms with E-state index in [2.05, 4.69) is 0 Å². The zero-order valence-corrected chi connectivity index (χ0v) is 13.8. The van der Waals surface area contributed by atoms with E-state index in [0.29, 0.717) is 19.6 Å². The highest BCUT2D eigenvalue weighted by atomic mass is 17.3. The van der Waals surface area contributed by atoms with Gasteiger partial charge in [0.15, 0.2) is 0 Å². The van der Waals surface area contributed by atoms with Crippen LogP contribution in [-0.2, 0) is 19.6 Å². The molecule has 0 atom stereocenters. The summed E-state index contributed by atoms with van der Waals surface area (Å²) in [7, 11) is 0. The fourth-order valence-electron chi connectivity index (χ4n) is 3.20. The molecule has 1 saturated heterocycles. The highest BCUT2D eigenvalue weighted by Gasteiger charge is 2.36. The van der Waals surface area contributed by atoms with Gasteiger partial charge in [0.25, 0.3) is 0 Å². The summed E-state index contributed by atoms with van der Waals surface area (Å²) in [5.74, 6) is -0.628. The highest BCUT2D eigenvalue weighted by Crippen LogP contribution is 2.31. The average Bonchev–Trinajstić information content (AvgIpc) is 2.48. The van der Waals surface area contributed by atoms with Crippen molar-refractivity contribution in [3.8, 4) is 0 Å². The van der Waals surface area contributed by atoms with Gasteiger partial charge in [0, 0.05) is 25.4 Å². The standard InChI is InChI=1S/C17H32O5/c18-13-10-16-14-19-21-17(22-20-15-16)11-8-6-4-2-1-3-5-7-9-12-17/h16,18H,1-15H2. The van der Waals surface area contributed by atoms with E-state index in [1.807, 2.05) is 0 Å². The third-order valence-electron chi connectivity index (χ3n) is 4.68. The van der Waals surface area contributed by atoms with E-state index in [9.17, 15) is 0 Å². The molecule has 0 aromatic heterocycles. The van der Waals surface area contributed by atoms with E-state index >= 15 is 0 Å². The molecule has 0 bridgehead atoms. The Hall–Kier alpha value is -0.200. The van der Waals surface area contributed by atoms with E-state index in [1.165, 1.54) is 44.9 Å². The molecule has 0 aromatic carbocycles. The van der Waals surface area contributed by atoms with Crippen LogP contribution >= 0.6 is 0 Å². The van der Waals surface area contributed by atoms with Crippen molar-refractivity contribution in [1.29, 1.82) is 0 Å². The maximum atomic E-state index is 9.01. The number of hydrogen-bond acceptors (Lipinski definition) is 5. The molecule has 130 valence electrons. The molecule has 1 aliphatic carbocycles. The fraction of sp³-hybridized carbons (Fsp3) is 1.00. The number of rotatable bonds is 2. The molecular weight excluding hydrogens is 284 g/mol. The smallest absolute Gasteiger partial charge is 0.233 e. The Bertz CT molecular complexity index is 260. The average molecular weight is 316 g/mol. The molecule has 0 unspecified atom stereocenters. The summed E-state index contributed by atoms with van der Waals surface area (Å²) >= 11 is 0. The Morgan fingerprint density at radius 2 is 1.18 bits per heavy atom. The Morgan fingerprint density at radius 1 is 0.727 bits per heavy atom. The number of aliphatic hydroxyl groups is 1. The zero-order valence-electron chi connectivity index (χ0n) is 13.8. The van der Waals surface area contributed by atoms with Crippen molar-refractivity contribution in [3.05, 3.63) is 0 Å². The molecule has 5 nitrogen and oxygen atoms in total. The molecule has 2 aliphatic rings. The second-order valence-electron chi connectivity index (χ2n) is 6.71. The molecule has 1 spiro atoms. The van der Waals surface area contributed by atoms with Crippen molar-refractivity contribution >= 4 is 0 Å². The van der Waals surface area contributed by atoms with Crippen LogP contribution in [0.25, 0.3) is 0 Å². The monoisotopic (exact) mass is 316 g/mol. The van der Waals surface area contributed by atoms with Crippen LogP contribution in [0.5, 0.6) is 0 Å². The highest BCUT2D eigenvalue weighted by molar-refractivity contribution is 4.70. The van der Waals surface area contributed by atoms with Crippen molar-refractivity contribution in [2.75, 3.05) is 19.8 Å². The van der Waals surface area contributed by atoms with Gasteiger partial charge >= 0.3 is 0 Å². The topological polar surface area (TPSA) is 57.2 Å². The van der Waals surface area contributed by atoms with Crippen LogP contribution in [0.2, 0.25) is 0 Å². The lowest BCUT2D eigenvalue weighted by Crippen LogP contribution is -2.40. The van der Waals surface area contributed by atoms with Gasteiger partial charge in [-0.1, -0.05) is 44.9 Å². The Morgan fingerprint density at radius 3 is 1.64 bits per heavy atom. The third-order valence-corrected chi connectivity index (χ3v) is 4.68. The predicted octanol–water partition coefficient (Wildman–Crippen LogP) is 3.90. The van der Waals surface area contributed by atoms with Crippen LogP contribution < -0.4 is 0 Å². The number of hydrogen-bond donors (Lipinski definition) is 1. The molecule has 5 heteroatoms. The van der Waals surface area contributed by atoms with Crippen molar-refractivity contribution in [3.63, 3.8) is 0 Å². The molecule has 2 fully saturated rings. The van der Waals surface area contributed by atoms with Gasteiger partial charge in [-0.25, -0.2) is 9.78 Å². The van der Waals surface area contributed by atoms with Gasteiger partial charge in [0.2, 0.25) is 5.79 Å². The van der Waals surface area contributed by atoms with E-state index < -0.39 is 5.79 Å². The molecule has 1 heterocycles. The lowest BCUT2D eigenvalue weighted by atomic mass is 9.97. The first-order chi connectivity index (χ1) is 10.8. The van der Waals surface area contributed by atoms with Gasteiger partial charge < -0.3 is 5.11 Å². The van der Waals surface area contributed by atoms with E-state index in [0.717, 1.165) is 25.7 Å². The van der Waals surface area contributed by atoms with E-state index in [-0.39, 0.29) is 12.5 Å². The summed E-state index contributed by atoms with van der Waals surface area (Å²) in [6.45, 7) is 1.03. The zero-order chi connectivity index (χ0) is 15.5. The molecular formula is C17H32O5. The molecule has 0 radical (unpaired) electrons. The second-order valence-corrected chi connectivity index (χ2v) is 6.71. The minimum absolute atomic E-state index is 0.119. The van der Waals surface area contributed by atoms with Gasteiger partial charge in [0.05, 0.1) is 13.2 Å². The fourth-order valence-corrected chi connectivity index (χ4v) is 3.20. The Balaban J connectivity index is 1.85. The van der Waals surface area contributed by atoms with Gasteiger partial charge in [-0.15, -0.1) is 0 Å². The largest absolute Gasteiger partial charge is 0.396 e. The second kappa shape index (κ2) is 10.6. The van der Waals surface area contributed by atoms with Gasteiger partial charge in [-0.3, -0.25) is 0 Å². The summed E-state index contributed by atoms with van der Waals surface area (Å²) < 4.78 is 0. The van der Waals surface area contributed by atoms with E-state index in [4.69, 9.17) is 24.7 Å². The predicted molar refractivity (Wildman–Crippen MR) is 82.8 cm³/mol. The molecule has 0 amide bonds. The molecule has 1 aliphatic heterocycles. The van der Waals surface area contributed by atoms with Gasteiger partial charge in [0.1, 0.15) is 0 Å². The lowest BCUT2D eigenvalue weighted by Gasteiger charge is -2.34. The SMILES string of the molecule is OCCC1COOC2(CCCCCCCCCCC2)OOC1. The Kier molecular flexibility index (Phi) is 8.70. The minimum atomic E-state index is -0.747. The van der Waals surface area contributed by atoms with Gasteiger partial charge in [-0.05, 0) is 19.3 Å². The summed E-state index contributed by atoms with van der Waals surface area (Å²) in [5, 5.41) is 9.01. The van der Waals surface area contributed by atoms with E-state index in [1.54, 1.807) is 0 Å². The Labute approximate surface area is 134 Å². The molecule has 1 saturated carbocycles. The maximum Gasteiger partial charge on any atom is 0.233 e. The molecule has 0 aromatic rings. The van der Waals surface area contributed by atoms with Crippen molar-refractivity contribution in [2.45, 2.75) is 82.8 Å². The third kappa shape index (κ3) is 6.50. The van der Waals surface area contributed by atoms with Crippen LogP contribution in [0, 0.1) is 5.92 Å². The van der Waals surface area contributed by atoms with Crippen LogP contribution in [0.15, 0.2) is 0 Å². The quantitative estimate of drug-likeness (QED) is 0.783. The summed E-state index contributed by atoms with van der Waals surface area (Å²) in [6, 6.07) is 0. The number of aliphatic hydroxyl groups excluding tert-OH is 1. The first kappa shape index (κ1) is 18.1. The minimum Gasteiger partial charge on any atom is -0.396 e. The van der Waals surface area contributed by atoms with Crippen LogP contribution in [0.3, 0.4) is 0 Å². The normalized spacial score (nSPS) is 26.6. The summed E-state index contributed by atoms with van der Waals surface area (Å²) in [4.78, 5) is 22.2. The van der Waals surface area contributed by atoms with Crippen molar-refractivity contribution in [2.24, 2.45) is 5.92 Å². The van der Waals surface area contributed by atoms with Crippen molar-refractivity contribution in [1.82, 2.24) is 0 Å². The van der Waals surface area contributed by atoms with Crippen LogP contribution in [0.1, 0.15) is 77.0 Å².